The van der Waals surface area contributed by atoms with E-state index < -0.39 is 22.0 Å². The molecule has 4 N–H and O–H groups in total. The van der Waals surface area contributed by atoms with Crippen molar-refractivity contribution in [3.05, 3.63) is 23.8 Å². The predicted octanol–water partition coefficient (Wildman–Crippen LogP) is -0.259. The fraction of sp³-hybridized carbons (Fsp3) is 0.429. The number of nitrogens with one attached hydrogen (secondary N) is 2. The fourth-order valence-electron chi connectivity index (χ4n) is 2.35. The summed E-state index contributed by atoms with van der Waals surface area (Å²) in [5, 5.41) is 2.66. The van der Waals surface area contributed by atoms with Gasteiger partial charge in [0, 0.05) is 6.54 Å². The topological polar surface area (TPSA) is 128 Å². The van der Waals surface area contributed by atoms with Crippen LogP contribution < -0.4 is 20.5 Å². The normalized spacial score (nSPS) is 18.8. The van der Waals surface area contributed by atoms with Crippen molar-refractivity contribution < 1.29 is 22.7 Å². The van der Waals surface area contributed by atoms with E-state index in [0.29, 0.717) is 13.0 Å². The van der Waals surface area contributed by atoms with Crippen molar-refractivity contribution in [2.45, 2.75) is 30.2 Å². The monoisotopic (exact) mass is 341 g/mol. The van der Waals surface area contributed by atoms with E-state index in [1.807, 2.05) is 0 Å². The molecule has 1 aromatic rings. The van der Waals surface area contributed by atoms with E-state index in [9.17, 15) is 18.0 Å². The maximum absolute atomic E-state index is 12.4. The summed E-state index contributed by atoms with van der Waals surface area (Å²) in [5.41, 5.74) is 5.19. The Labute approximate surface area is 134 Å². The molecule has 1 saturated heterocycles. The van der Waals surface area contributed by atoms with Crippen LogP contribution in [0.25, 0.3) is 0 Å². The summed E-state index contributed by atoms with van der Waals surface area (Å²) in [6.45, 7) is 0.533. The number of ether oxygens (including phenoxy) is 1. The lowest BCUT2D eigenvalue weighted by molar-refractivity contribution is -0.122. The highest BCUT2D eigenvalue weighted by Gasteiger charge is 2.27. The first-order chi connectivity index (χ1) is 10.8. The predicted molar refractivity (Wildman–Crippen MR) is 82.5 cm³/mol. The molecule has 0 aliphatic carbocycles. The molecule has 1 unspecified atom stereocenters. The second-order valence-corrected chi connectivity index (χ2v) is 6.90. The van der Waals surface area contributed by atoms with E-state index in [2.05, 4.69) is 10.0 Å². The van der Waals surface area contributed by atoms with Crippen molar-refractivity contribution >= 4 is 21.8 Å². The molecule has 1 aliphatic rings. The van der Waals surface area contributed by atoms with Gasteiger partial charge in [-0.3, -0.25) is 9.59 Å². The van der Waals surface area contributed by atoms with E-state index >= 15 is 0 Å². The van der Waals surface area contributed by atoms with Gasteiger partial charge in [0.25, 0.3) is 5.91 Å². The number of methoxy groups -OCH3 is 1. The van der Waals surface area contributed by atoms with Gasteiger partial charge < -0.3 is 15.8 Å². The van der Waals surface area contributed by atoms with E-state index in [4.69, 9.17) is 10.5 Å². The fourth-order valence-corrected chi connectivity index (χ4v) is 3.61. The van der Waals surface area contributed by atoms with Crippen LogP contribution in [0.5, 0.6) is 5.75 Å². The minimum absolute atomic E-state index is 0.0410. The highest BCUT2D eigenvalue weighted by atomic mass is 32.2. The maximum atomic E-state index is 12.4. The highest BCUT2D eigenvalue weighted by Crippen LogP contribution is 2.22. The molecule has 0 saturated carbocycles. The van der Waals surface area contributed by atoms with Crippen LogP contribution in [-0.2, 0) is 14.8 Å². The average molecular weight is 341 g/mol. The van der Waals surface area contributed by atoms with Gasteiger partial charge in [0.2, 0.25) is 15.9 Å². The minimum atomic E-state index is -3.96. The smallest absolute Gasteiger partial charge is 0.252 e. The molecular weight excluding hydrogens is 322 g/mol. The van der Waals surface area contributed by atoms with E-state index in [-0.39, 0.29) is 22.1 Å². The molecule has 0 radical (unpaired) electrons. The maximum Gasteiger partial charge on any atom is 0.252 e. The Morgan fingerprint density at radius 3 is 2.78 bits per heavy atom. The number of rotatable bonds is 5. The van der Waals surface area contributed by atoms with Crippen molar-refractivity contribution in [3.63, 3.8) is 0 Å². The number of carbonyl (C=O) groups is 2. The summed E-state index contributed by atoms with van der Waals surface area (Å²) in [6.07, 6.45) is 1.96. The molecule has 0 spiro atoms. The first-order valence-electron chi connectivity index (χ1n) is 7.13. The molecule has 23 heavy (non-hydrogen) atoms. The highest BCUT2D eigenvalue weighted by molar-refractivity contribution is 7.89. The van der Waals surface area contributed by atoms with Crippen LogP contribution in [0.2, 0.25) is 0 Å². The Balaban J connectivity index is 2.30. The quantitative estimate of drug-likeness (QED) is 0.680. The Hall–Kier alpha value is -2.13. The first kappa shape index (κ1) is 17.2. The number of hydrogen-bond acceptors (Lipinski definition) is 5. The number of benzene rings is 1. The molecule has 0 aromatic heterocycles. The number of nitrogens with two attached hydrogens (primary N) is 1. The standard InChI is InChI=1S/C14H19N3O5S/c1-22-12-6-5-9(8-10(12)13(15)18)23(20,21)17-11-4-2-3-7-16-14(11)19/h5-6,8,11,17H,2-4,7H2,1H3,(H2,15,18)(H,16,19). The molecule has 0 bridgehead atoms. The van der Waals surface area contributed by atoms with E-state index in [1.54, 1.807) is 0 Å². The lowest BCUT2D eigenvalue weighted by atomic mass is 10.1. The van der Waals surface area contributed by atoms with Gasteiger partial charge in [-0.05, 0) is 37.5 Å². The average Bonchev–Trinajstić information content (AvgIpc) is 2.71. The number of hydrogen-bond donors (Lipinski definition) is 3. The molecule has 9 heteroatoms. The second-order valence-electron chi connectivity index (χ2n) is 5.19. The van der Waals surface area contributed by atoms with Gasteiger partial charge in [-0.25, -0.2) is 8.42 Å². The Morgan fingerprint density at radius 2 is 2.13 bits per heavy atom. The molecule has 1 fully saturated rings. The van der Waals surface area contributed by atoms with Gasteiger partial charge in [0.05, 0.1) is 17.6 Å². The van der Waals surface area contributed by atoms with Crippen LogP contribution in [-0.4, -0.2) is 39.9 Å². The molecule has 1 aliphatic heterocycles. The summed E-state index contributed by atoms with van der Waals surface area (Å²) in [4.78, 5) is 23.1. The SMILES string of the molecule is COc1ccc(S(=O)(=O)NC2CCCCNC2=O)cc1C(N)=O. The molecule has 1 atom stereocenters. The molecule has 1 heterocycles. The summed E-state index contributed by atoms with van der Waals surface area (Å²) < 4.78 is 32.2. The third-order valence-electron chi connectivity index (χ3n) is 3.58. The zero-order chi connectivity index (χ0) is 17.0. The molecule has 126 valence electrons. The van der Waals surface area contributed by atoms with Crippen molar-refractivity contribution in [2.75, 3.05) is 13.7 Å². The number of amides is 2. The third kappa shape index (κ3) is 3.99. The Bertz CT molecular complexity index is 717. The molecule has 8 nitrogen and oxygen atoms in total. The van der Waals surface area contributed by atoms with Crippen LogP contribution in [0.4, 0.5) is 0 Å². The van der Waals surface area contributed by atoms with Gasteiger partial charge in [0.15, 0.2) is 0 Å². The minimum Gasteiger partial charge on any atom is -0.496 e. The second kappa shape index (κ2) is 6.97. The molecule has 1 aromatic carbocycles. The Kier molecular flexibility index (Phi) is 5.22. The summed E-state index contributed by atoms with van der Waals surface area (Å²) in [7, 11) is -2.61. The van der Waals surface area contributed by atoms with Gasteiger partial charge in [-0.15, -0.1) is 0 Å². The van der Waals surface area contributed by atoms with Gasteiger partial charge in [-0.2, -0.15) is 4.72 Å². The molecule has 2 rings (SSSR count). The van der Waals surface area contributed by atoms with Gasteiger partial charge in [-0.1, -0.05) is 0 Å². The van der Waals surface area contributed by atoms with Crippen LogP contribution in [0.1, 0.15) is 29.6 Å². The van der Waals surface area contributed by atoms with Crippen molar-refractivity contribution in [1.29, 1.82) is 0 Å². The zero-order valence-electron chi connectivity index (χ0n) is 12.7. The zero-order valence-corrected chi connectivity index (χ0v) is 13.5. The largest absolute Gasteiger partial charge is 0.496 e. The lowest BCUT2D eigenvalue weighted by Gasteiger charge is -2.16. The van der Waals surface area contributed by atoms with Crippen LogP contribution in [0, 0.1) is 0 Å². The summed E-state index contributed by atoms with van der Waals surface area (Å²) in [6, 6.07) is 2.95. The third-order valence-corrected chi connectivity index (χ3v) is 5.05. The first-order valence-corrected chi connectivity index (χ1v) is 8.61. The van der Waals surface area contributed by atoms with Crippen LogP contribution >= 0.6 is 0 Å². The summed E-state index contributed by atoms with van der Waals surface area (Å²) in [5.74, 6) is -0.968. The van der Waals surface area contributed by atoms with Gasteiger partial charge >= 0.3 is 0 Å². The van der Waals surface area contributed by atoms with Crippen LogP contribution in [0.3, 0.4) is 0 Å². The van der Waals surface area contributed by atoms with Crippen molar-refractivity contribution in [1.82, 2.24) is 10.0 Å². The number of sulfonamides is 1. The van der Waals surface area contributed by atoms with Gasteiger partial charge in [0.1, 0.15) is 11.8 Å². The number of carbonyl (C=O) groups excluding carboxylic acids is 2. The van der Waals surface area contributed by atoms with Crippen molar-refractivity contribution in [2.24, 2.45) is 5.73 Å². The summed E-state index contributed by atoms with van der Waals surface area (Å²) >= 11 is 0. The van der Waals surface area contributed by atoms with Crippen molar-refractivity contribution in [3.8, 4) is 5.75 Å². The van der Waals surface area contributed by atoms with E-state index in [0.717, 1.165) is 18.9 Å². The molecule has 2 amide bonds. The molecular formula is C14H19N3O5S. The number of primary amides is 1. The lowest BCUT2D eigenvalue weighted by Crippen LogP contribution is -2.45. The van der Waals surface area contributed by atoms with E-state index in [1.165, 1.54) is 19.2 Å². The Morgan fingerprint density at radius 1 is 1.39 bits per heavy atom. The van der Waals surface area contributed by atoms with Crippen LogP contribution in [0.15, 0.2) is 23.1 Å².